The highest BCUT2D eigenvalue weighted by molar-refractivity contribution is 7.94. The van der Waals surface area contributed by atoms with E-state index in [1.54, 1.807) is 13.0 Å². The Morgan fingerprint density at radius 1 is 1.27 bits per heavy atom. The van der Waals surface area contributed by atoms with E-state index in [1.165, 1.54) is 36.6 Å². The quantitative estimate of drug-likeness (QED) is 0.872. The number of carboxylic acid groups (broad SMARTS) is 1. The van der Waals surface area contributed by atoms with Crippen molar-refractivity contribution in [2.24, 2.45) is 0 Å². The topological polar surface area (TPSA) is 92.7 Å². The normalized spacial score (nSPS) is 11.2. The summed E-state index contributed by atoms with van der Waals surface area (Å²) in [5.74, 6) is -1.05. The minimum absolute atomic E-state index is 0.0337. The summed E-state index contributed by atoms with van der Waals surface area (Å²) in [5.41, 5.74) is 0.880. The zero-order valence-corrected chi connectivity index (χ0v) is 13.8. The van der Waals surface area contributed by atoms with Crippen LogP contribution in [0.25, 0.3) is 0 Å². The molecule has 22 heavy (non-hydrogen) atoms. The predicted molar refractivity (Wildman–Crippen MR) is 84.6 cm³/mol. The van der Waals surface area contributed by atoms with Crippen molar-refractivity contribution in [1.82, 2.24) is 0 Å². The molecule has 2 rings (SSSR count). The highest BCUT2D eigenvalue weighted by Crippen LogP contribution is 2.29. The largest absolute Gasteiger partial charge is 0.496 e. The number of benzene rings is 1. The predicted octanol–water partition coefficient (Wildman–Crippen LogP) is 2.87. The molecule has 0 fully saturated rings. The lowest BCUT2D eigenvalue weighted by atomic mass is 10.2. The van der Waals surface area contributed by atoms with Crippen LogP contribution in [0.5, 0.6) is 5.75 Å². The number of ether oxygens (including phenoxy) is 1. The number of carboxylic acids is 1. The van der Waals surface area contributed by atoms with Gasteiger partial charge in [0.15, 0.2) is 0 Å². The monoisotopic (exact) mass is 341 g/mol. The summed E-state index contributed by atoms with van der Waals surface area (Å²) < 4.78 is 32.5. The van der Waals surface area contributed by atoms with Crippen molar-refractivity contribution in [3.63, 3.8) is 0 Å². The van der Waals surface area contributed by atoms with E-state index >= 15 is 0 Å². The summed E-state index contributed by atoms with van der Waals surface area (Å²) in [6.45, 7) is 3.56. The van der Waals surface area contributed by atoms with Crippen LogP contribution in [0, 0.1) is 13.8 Å². The van der Waals surface area contributed by atoms with Crippen molar-refractivity contribution < 1.29 is 23.1 Å². The van der Waals surface area contributed by atoms with E-state index < -0.39 is 16.0 Å². The van der Waals surface area contributed by atoms with Gasteiger partial charge in [-0.1, -0.05) is 0 Å². The molecule has 1 heterocycles. The number of hydrogen-bond donors (Lipinski definition) is 2. The van der Waals surface area contributed by atoms with Crippen molar-refractivity contribution in [2.75, 3.05) is 11.8 Å². The van der Waals surface area contributed by atoms with Crippen molar-refractivity contribution >= 4 is 33.0 Å². The van der Waals surface area contributed by atoms with Gasteiger partial charge < -0.3 is 9.84 Å². The Labute approximate surface area is 132 Å². The van der Waals surface area contributed by atoms with Crippen LogP contribution in [0.15, 0.2) is 28.5 Å². The van der Waals surface area contributed by atoms with Gasteiger partial charge in [0.2, 0.25) is 0 Å². The standard InChI is InChI=1S/C14H15NO5S2/c1-8-6-9(2)21-14(8)22(18,19)15-10-4-5-11(13(16)17)12(7-10)20-3/h4-7,15H,1-3H3,(H,16,17). The molecule has 0 atom stereocenters. The first kappa shape index (κ1) is 16.3. The zero-order valence-electron chi connectivity index (χ0n) is 12.2. The molecule has 6 nitrogen and oxygen atoms in total. The smallest absolute Gasteiger partial charge is 0.339 e. The lowest BCUT2D eigenvalue weighted by molar-refractivity contribution is 0.0693. The van der Waals surface area contributed by atoms with E-state index in [0.717, 1.165) is 4.88 Å². The third kappa shape index (κ3) is 3.23. The second kappa shape index (κ2) is 5.98. The SMILES string of the molecule is COc1cc(NS(=O)(=O)c2sc(C)cc2C)ccc1C(=O)O. The molecule has 0 spiro atoms. The van der Waals surface area contributed by atoms with Crippen molar-refractivity contribution in [2.45, 2.75) is 18.1 Å². The maximum atomic E-state index is 12.4. The van der Waals surface area contributed by atoms with Crippen molar-refractivity contribution in [3.8, 4) is 5.75 Å². The average Bonchev–Trinajstić information content (AvgIpc) is 2.77. The molecule has 118 valence electrons. The third-order valence-electron chi connectivity index (χ3n) is 2.92. The molecule has 0 amide bonds. The number of aryl methyl sites for hydroxylation is 2. The van der Waals surface area contributed by atoms with E-state index in [0.29, 0.717) is 5.56 Å². The second-order valence-corrected chi connectivity index (χ2v) is 7.79. The fraction of sp³-hybridized carbons (Fsp3) is 0.214. The Morgan fingerprint density at radius 2 is 1.95 bits per heavy atom. The Kier molecular flexibility index (Phi) is 4.43. The van der Waals surface area contributed by atoms with Gasteiger partial charge in [0.1, 0.15) is 15.5 Å². The fourth-order valence-corrected chi connectivity index (χ4v) is 4.74. The number of carbonyl (C=O) groups is 1. The van der Waals surface area contributed by atoms with Crippen molar-refractivity contribution in [3.05, 3.63) is 40.3 Å². The van der Waals surface area contributed by atoms with E-state index in [9.17, 15) is 13.2 Å². The summed E-state index contributed by atoms with van der Waals surface area (Å²) in [5, 5.41) is 9.02. The molecule has 1 aromatic carbocycles. The molecule has 0 bridgehead atoms. The maximum Gasteiger partial charge on any atom is 0.339 e. The number of aromatic carboxylic acids is 1. The van der Waals surface area contributed by atoms with Gasteiger partial charge in [0, 0.05) is 10.9 Å². The van der Waals surface area contributed by atoms with Crippen LogP contribution >= 0.6 is 11.3 Å². The van der Waals surface area contributed by atoms with Gasteiger partial charge in [-0.25, -0.2) is 13.2 Å². The molecule has 0 radical (unpaired) electrons. The first-order valence-electron chi connectivity index (χ1n) is 6.26. The molecule has 0 aliphatic heterocycles. The number of rotatable bonds is 5. The molecule has 0 aliphatic carbocycles. The van der Waals surface area contributed by atoms with Gasteiger partial charge in [-0.2, -0.15) is 0 Å². The number of nitrogens with one attached hydrogen (secondary N) is 1. The average molecular weight is 341 g/mol. The summed E-state index contributed by atoms with van der Waals surface area (Å²) in [7, 11) is -2.39. The molecular weight excluding hydrogens is 326 g/mol. The molecule has 0 saturated heterocycles. The zero-order chi connectivity index (χ0) is 16.5. The Bertz CT molecular complexity index is 824. The molecule has 0 aliphatic rings. The fourth-order valence-electron chi connectivity index (χ4n) is 2.02. The number of methoxy groups -OCH3 is 1. The van der Waals surface area contributed by atoms with Crippen LogP contribution in [0.2, 0.25) is 0 Å². The molecule has 2 aromatic rings. The Balaban J connectivity index is 2.38. The number of sulfonamides is 1. The van der Waals surface area contributed by atoms with E-state index in [2.05, 4.69) is 4.72 Å². The van der Waals surface area contributed by atoms with Gasteiger partial charge in [-0.05, 0) is 37.6 Å². The molecule has 0 unspecified atom stereocenters. The Morgan fingerprint density at radius 3 is 2.45 bits per heavy atom. The van der Waals surface area contributed by atoms with Gasteiger partial charge in [-0.3, -0.25) is 4.72 Å². The Hall–Kier alpha value is -2.06. The van der Waals surface area contributed by atoms with Crippen LogP contribution in [0.3, 0.4) is 0 Å². The van der Waals surface area contributed by atoms with Crippen LogP contribution < -0.4 is 9.46 Å². The van der Waals surface area contributed by atoms with Gasteiger partial charge >= 0.3 is 5.97 Å². The van der Waals surface area contributed by atoms with Gasteiger partial charge in [0.25, 0.3) is 10.0 Å². The minimum atomic E-state index is -3.72. The van der Waals surface area contributed by atoms with Gasteiger partial charge in [-0.15, -0.1) is 11.3 Å². The van der Waals surface area contributed by atoms with E-state index in [4.69, 9.17) is 9.84 Å². The third-order valence-corrected chi connectivity index (χ3v) is 6.09. The number of anilines is 1. The maximum absolute atomic E-state index is 12.4. The number of thiophene rings is 1. The number of hydrogen-bond acceptors (Lipinski definition) is 5. The lowest BCUT2D eigenvalue weighted by Crippen LogP contribution is -2.13. The summed E-state index contributed by atoms with van der Waals surface area (Å²) in [6.07, 6.45) is 0. The minimum Gasteiger partial charge on any atom is -0.496 e. The summed E-state index contributed by atoms with van der Waals surface area (Å²) in [6, 6.07) is 5.83. The molecule has 0 saturated carbocycles. The second-order valence-electron chi connectivity index (χ2n) is 4.65. The molecular formula is C14H15NO5S2. The first-order valence-corrected chi connectivity index (χ1v) is 8.55. The lowest BCUT2D eigenvalue weighted by Gasteiger charge is -2.10. The van der Waals surface area contributed by atoms with E-state index in [-0.39, 0.29) is 21.2 Å². The highest BCUT2D eigenvalue weighted by Gasteiger charge is 2.21. The summed E-state index contributed by atoms with van der Waals surface area (Å²) in [4.78, 5) is 11.9. The van der Waals surface area contributed by atoms with Crippen LogP contribution in [0.4, 0.5) is 5.69 Å². The van der Waals surface area contributed by atoms with E-state index in [1.807, 2.05) is 6.92 Å². The first-order chi connectivity index (χ1) is 10.2. The van der Waals surface area contributed by atoms with Crippen LogP contribution in [0.1, 0.15) is 20.8 Å². The van der Waals surface area contributed by atoms with Crippen molar-refractivity contribution in [1.29, 1.82) is 0 Å². The van der Waals surface area contributed by atoms with Crippen LogP contribution in [-0.4, -0.2) is 26.6 Å². The summed E-state index contributed by atoms with van der Waals surface area (Å²) >= 11 is 1.18. The highest BCUT2D eigenvalue weighted by atomic mass is 32.2. The molecule has 2 N–H and O–H groups in total. The van der Waals surface area contributed by atoms with Gasteiger partial charge in [0.05, 0.1) is 12.8 Å². The molecule has 8 heteroatoms. The van der Waals surface area contributed by atoms with Crippen LogP contribution in [-0.2, 0) is 10.0 Å². The molecule has 1 aromatic heterocycles.